The molecule has 1 fully saturated rings. The SMILES string of the molecule is CCn1c(=O)[nH]c2cc3c(NCc4cccc(N5CCN(C)CC5)c4)ncnc3cc21. The smallest absolute Gasteiger partial charge is 0.326 e. The van der Waals surface area contributed by atoms with Crippen molar-refractivity contribution in [3.63, 3.8) is 0 Å². The van der Waals surface area contributed by atoms with Gasteiger partial charge in [-0.1, -0.05) is 12.1 Å². The first kappa shape index (κ1) is 19.6. The summed E-state index contributed by atoms with van der Waals surface area (Å²) in [6.45, 7) is 7.52. The van der Waals surface area contributed by atoms with E-state index < -0.39 is 0 Å². The summed E-state index contributed by atoms with van der Waals surface area (Å²) in [6.07, 6.45) is 1.57. The Morgan fingerprint density at radius 2 is 1.94 bits per heavy atom. The number of anilines is 2. The monoisotopic (exact) mass is 417 g/mol. The Bertz CT molecular complexity index is 1280. The van der Waals surface area contributed by atoms with E-state index in [2.05, 4.69) is 61.4 Å². The zero-order valence-corrected chi connectivity index (χ0v) is 17.9. The van der Waals surface area contributed by atoms with Crippen LogP contribution < -0.4 is 15.9 Å². The van der Waals surface area contributed by atoms with Gasteiger partial charge in [0, 0.05) is 50.3 Å². The lowest BCUT2D eigenvalue weighted by Crippen LogP contribution is -2.44. The van der Waals surface area contributed by atoms with Crippen molar-refractivity contribution in [3.05, 3.63) is 58.8 Å². The Kier molecular flexibility index (Phi) is 5.07. The average Bonchev–Trinajstić information content (AvgIpc) is 3.10. The zero-order valence-electron chi connectivity index (χ0n) is 17.9. The summed E-state index contributed by atoms with van der Waals surface area (Å²) in [4.78, 5) is 28.8. The molecule has 31 heavy (non-hydrogen) atoms. The van der Waals surface area contributed by atoms with E-state index in [4.69, 9.17) is 0 Å². The van der Waals surface area contributed by atoms with Gasteiger partial charge in [-0.3, -0.25) is 4.57 Å². The highest BCUT2D eigenvalue weighted by molar-refractivity contribution is 5.98. The van der Waals surface area contributed by atoms with Gasteiger partial charge >= 0.3 is 5.69 Å². The average molecular weight is 418 g/mol. The normalized spacial score (nSPS) is 15.1. The first-order valence-electron chi connectivity index (χ1n) is 10.8. The number of H-pyrrole nitrogens is 1. The Labute approximate surface area is 180 Å². The number of nitrogens with zero attached hydrogens (tertiary/aromatic N) is 5. The van der Waals surface area contributed by atoms with Gasteiger partial charge in [0.25, 0.3) is 0 Å². The second kappa shape index (κ2) is 8.03. The molecule has 8 heteroatoms. The molecule has 0 radical (unpaired) electrons. The van der Waals surface area contributed by atoms with Crippen LogP contribution >= 0.6 is 0 Å². The van der Waals surface area contributed by atoms with Crippen LogP contribution in [0.3, 0.4) is 0 Å². The summed E-state index contributed by atoms with van der Waals surface area (Å²) in [5.41, 5.74) is 4.85. The number of aromatic nitrogens is 4. The van der Waals surface area contributed by atoms with Gasteiger partial charge in [0.05, 0.1) is 16.6 Å². The van der Waals surface area contributed by atoms with Crippen molar-refractivity contribution in [2.24, 2.45) is 0 Å². The van der Waals surface area contributed by atoms with Crippen LogP contribution in [0, 0.1) is 0 Å². The molecular formula is C23H27N7O. The first-order chi connectivity index (χ1) is 15.1. The van der Waals surface area contributed by atoms with Crippen LogP contribution in [0.5, 0.6) is 0 Å². The van der Waals surface area contributed by atoms with Gasteiger partial charge in [-0.2, -0.15) is 0 Å². The molecule has 5 rings (SSSR count). The molecule has 0 unspecified atom stereocenters. The molecule has 8 nitrogen and oxygen atoms in total. The van der Waals surface area contributed by atoms with Crippen LogP contribution in [0.4, 0.5) is 11.5 Å². The molecule has 1 aliphatic heterocycles. The fourth-order valence-electron chi connectivity index (χ4n) is 4.28. The fraction of sp³-hybridized carbons (Fsp3) is 0.348. The third-order valence-electron chi connectivity index (χ3n) is 6.09. The van der Waals surface area contributed by atoms with E-state index in [1.54, 1.807) is 10.9 Å². The predicted molar refractivity (Wildman–Crippen MR) is 125 cm³/mol. The van der Waals surface area contributed by atoms with Crippen molar-refractivity contribution in [3.8, 4) is 0 Å². The molecule has 0 atom stereocenters. The molecule has 0 aliphatic carbocycles. The molecule has 0 saturated carbocycles. The minimum atomic E-state index is -0.101. The summed E-state index contributed by atoms with van der Waals surface area (Å²) >= 11 is 0. The molecule has 2 N–H and O–H groups in total. The molecule has 0 amide bonds. The maximum absolute atomic E-state index is 12.2. The number of aromatic amines is 1. The van der Waals surface area contributed by atoms with Crippen LogP contribution in [0.1, 0.15) is 12.5 Å². The molecule has 0 spiro atoms. The highest BCUT2D eigenvalue weighted by atomic mass is 16.1. The van der Waals surface area contributed by atoms with Gasteiger partial charge in [-0.25, -0.2) is 14.8 Å². The molecular weight excluding hydrogens is 390 g/mol. The number of piperazine rings is 1. The van der Waals surface area contributed by atoms with Crippen molar-refractivity contribution < 1.29 is 0 Å². The Balaban J connectivity index is 1.40. The summed E-state index contributed by atoms with van der Waals surface area (Å²) in [6, 6.07) is 12.6. The number of imidazole rings is 1. The summed E-state index contributed by atoms with van der Waals surface area (Å²) in [5, 5.41) is 4.36. The summed E-state index contributed by atoms with van der Waals surface area (Å²) in [5.74, 6) is 0.766. The number of likely N-dealkylation sites (N-methyl/N-ethyl adjacent to an activating group) is 1. The van der Waals surface area contributed by atoms with Crippen LogP contribution in [0.15, 0.2) is 47.5 Å². The van der Waals surface area contributed by atoms with E-state index >= 15 is 0 Å². The van der Waals surface area contributed by atoms with E-state index in [0.717, 1.165) is 53.9 Å². The summed E-state index contributed by atoms with van der Waals surface area (Å²) in [7, 11) is 2.17. The van der Waals surface area contributed by atoms with Crippen molar-refractivity contribution >= 4 is 33.4 Å². The van der Waals surface area contributed by atoms with Crippen molar-refractivity contribution in [2.45, 2.75) is 20.0 Å². The van der Waals surface area contributed by atoms with E-state index in [9.17, 15) is 4.79 Å². The van der Waals surface area contributed by atoms with E-state index in [-0.39, 0.29) is 5.69 Å². The van der Waals surface area contributed by atoms with Crippen LogP contribution in [0.25, 0.3) is 21.9 Å². The number of fused-ring (bicyclic) bond motifs is 2. The van der Waals surface area contributed by atoms with E-state index in [1.807, 2.05) is 19.1 Å². The highest BCUT2D eigenvalue weighted by Crippen LogP contribution is 2.25. The third kappa shape index (κ3) is 3.74. The number of hydrogen-bond donors (Lipinski definition) is 2. The van der Waals surface area contributed by atoms with Gasteiger partial charge < -0.3 is 20.1 Å². The first-order valence-corrected chi connectivity index (χ1v) is 10.8. The van der Waals surface area contributed by atoms with Gasteiger partial charge in [0.1, 0.15) is 12.1 Å². The molecule has 2 aromatic carbocycles. The lowest BCUT2D eigenvalue weighted by molar-refractivity contribution is 0.313. The lowest BCUT2D eigenvalue weighted by atomic mass is 10.1. The molecule has 1 saturated heterocycles. The molecule has 2 aromatic heterocycles. The van der Waals surface area contributed by atoms with Gasteiger partial charge in [-0.05, 0) is 43.8 Å². The standard InChI is InChI=1S/C23H27N7O/c1-3-30-21-13-19-18(12-20(21)27-23(30)31)22(26-15-25-19)24-14-16-5-4-6-17(11-16)29-9-7-28(2)8-10-29/h4-6,11-13,15H,3,7-10,14H2,1-2H3,(H,27,31)(H,24,25,26). The fourth-order valence-corrected chi connectivity index (χ4v) is 4.28. The molecule has 3 heterocycles. The minimum Gasteiger partial charge on any atom is -0.369 e. The maximum Gasteiger partial charge on any atom is 0.326 e. The quantitative estimate of drug-likeness (QED) is 0.520. The molecule has 160 valence electrons. The zero-order chi connectivity index (χ0) is 21.4. The van der Waals surface area contributed by atoms with E-state index in [1.165, 1.54) is 11.3 Å². The second-order valence-corrected chi connectivity index (χ2v) is 8.10. The molecule has 4 aromatic rings. The van der Waals surface area contributed by atoms with Crippen molar-refractivity contribution in [1.82, 2.24) is 24.4 Å². The number of hydrogen-bond acceptors (Lipinski definition) is 6. The predicted octanol–water partition coefficient (Wildman–Crippen LogP) is 2.66. The van der Waals surface area contributed by atoms with Crippen LogP contribution in [-0.4, -0.2) is 57.6 Å². The number of aryl methyl sites for hydroxylation is 1. The van der Waals surface area contributed by atoms with Gasteiger partial charge in [0.15, 0.2) is 0 Å². The lowest BCUT2D eigenvalue weighted by Gasteiger charge is -2.34. The minimum absolute atomic E-state index is 0.101. The number of benzene rings is 2. The van der Waals surface area contributed by atoms with E-state index in [0.29, 0.717) is 13.1 Å². The topological polar surface area (TPSA) is 82.1 Å². The van der Waals surface area contributed by atoms with Crippen molar-refractivity contribution in [1.29, 1.82) is 0 Å². The summed E-state index contributed by atoms with van der Waals surface area (Å²) < 4.78 is 1.72. The number of nitrogens with one attached hydrogen (secondary N) is 2. The Morgan fingerprint density at radius 3 is 2.74 bits per heavy atom. The number of rotatable bonds is 5. The third-order valence-corrected chi connectivity index (χ3v) is 6.09. The Morgan fingerprint density at radius 1 is 1.10 bits per heavy atom. The largest absolute Gasteiger partial charge is 0.369 e. The molecule has 0 bridgehead atoms. The van der Waals surface area contributed by atoms with Gasteiger partial charge in [0.2, 0.25) is 0 Å². The second-order valence-electron chi connectivity index (χ2n) is 8.10. The maximum atomic E-state index is 12.2. The van der Waals surface area contributed by atoms with Crippen molar-refractivity contribution in [2.75, 3.05) is 43.4 Å². The highest BCUT2D eigenvalue weighted by Gasteiger charge is 2.15. The Hall–Kier alpha value is -3.39. The molecule has 1 aliphatic rings. The van der Waals surface area contributed by atoms with Crippen LogP contribution in [0.2, 0.25) is 0 Å². The van der Waals surface area contributed by atoms with Crippen LogP contribution in [-0.2, 0) is 13.1 Å². The van der Waals surface area contributed by atoms with Gasteiger partial charge in [-0.15, -0.1) is 0 Å².